The van der Waals surface area contributed by atoms with Gasteiger partial charge in [-0.05, 0) is 36.9 Å². The molecule has 2 aromatic rings. The number of hydrogen-bond donors (Lipinski definition) is 0. The van der Waals surface area contributed by atoms with Crippen molar-refractivity contribution in [3.05, 3.63) is 59.7 Å². The normalized spacial score (nSPS) is 25.0. The second kappa shape index (κ2) is 4.18. The average Bonchev–Trinajstić information content (AvgIpc) is 3.06. The molecule has 0 saturated carbocycles. The van der Waals surface area contributed by atoms with Crippen LogP contribution in [-0.4, -0.2) is 40.4 Å². The van der Waals surface area contributed by atoms with Gasteiger partial charge in [-0.2, -0.15) is 0 Å². The van der Waals surface area contributed by atoms with Crippen molar-refractivity contribution in [3.8, 4) is 0 Å². The highest BCUT2D eigenvalue weighted by molar-refractivity contribution is 5.94. The summed E-state index contributed by atoms with van der Waals surface area (Å²) in [7, 11) is 2.02. The summed E-state index contributed by atoms with van der Waals surface area (Å²) in [4.78, 5) is 16.8. The molecule has 3 heterocycles. The van der Waals surface area contributed by atoms with Crippen LogP contribution in [0.4, 0.5) is 4.39 Å². The lowest BCUT2D eigenvalue weighted by Gasteiger charge is -2.46. The number of rotatable bonds is 1. The van der Waals surface area contributed by atoms with Crippen LogP contribution < -0.4 is 0 Å². The molecule has 21 heavy (non-hydrogen) atoms. The molecule has 2 aliphatic rings. The standard InChI is InChI=1S/C16H16FN3O/c1-18-9-10-20-15(21)14-3-2-8-19(14)11-16(18,20)12-4-6-13(17)7-5-12/h2-8H,9-11H2,1H3. The van der Waals surface area contributed by atoms with Crippen LogP contribution in [0.15, 0.2) is 42.6 Å². The Hall–Kier alpha value is -2.14. The van der Waals surface area contributed by atoms with Crippen molar-refractivity contribution in [1.82, 2.24) is 14.4 Å². The van der Waals surface area contributed by atoms with Gasteiger partial charge in [-0.15, -0.1) is 0 Å². The van der Waals surface area contributed by atoms with Crippen LogP contribution in [0.5, 0.6) is 0 Å². The van der Waals surface area contributed by atoms with E-state index < -0.39 is 5.66 Å². The van der Waals surface area contributed by atoms with E-state index in [0.29, 0.717) is 13.1 Å². The third kappa shape index (κ3) is 1.55. The van der Waals surface area contributed by atoms with E-state index in [1.165, 1.54) is 12.1 Å². The summed E-state index contributed by atoms with van der Waals surface area (Å²) in [5, 5.41) is 0. The molecule has 1 aromatic heterocycles. The van der Waals surface area contributed by atoms with Gasteiger partial charge in [0.2, 0.25) is 0 Å². The minimum atomic E-state index is -0.517. The Kier molecular flexibility index (Phi) is 2.50. The summed E-state index contributed by atoms with van der Waals surface area (Å²) in [6.07, 6.45) is 1.93. The summed E-state index contributed by atoms with van der Waals surface area (Å²) in [6, 6.07) is 10.2. The maximum atomic E-state index is 13.3. The molecular weight excluding hydrogens is 269 g/mol. The zero-order valence-corrected chi connectivity index (χ0v) is 11.8. The highest BCUT2D eigenvalue weighted by atomic mass is 19.1. The molecule has 1 unspecified atom stereocenters. The highest BCUT2D eigenvalue weighted by Gasteiger charge is 2.52. The molecule has 1 saturated heterocycles. The van der Waals surface area contributed by atoms with E-state index >= 15 is 0 Å². The van der Waals surface area contributed by atoms with Crippen molar-refractivity contribution >= 4 is 5.91 Å². The summed E-state index contributed by atoms with van der Waals surface area (Å²) in [5.41, 5.74) is 1.16. The van der Waals surface area contributed by atoms with Gasteiger partial charge in [0.1, 0.15) is 17.2 Å². The number of benzene rings is 1. The number of halogens is 1. The van der Waals surface area contributed by atoms with Crippen LogP contribution in [0.1, 0.15) is 16.1 Å². The molecule has 5 heteroatoms. The van der Waals surface area contributed by atoms with Crippen molar-refractivity contribution in [2.24, 2.45) is 0 Å². The van der Waals surface area contributed by atoms with E-state index in [9.17, 15) is 9.18 Å². The molecule has 1 aromatic carbocycles. The number of fused-ring (bicyclic) bond motifs is 2. The van der Waals surface area contributed by atoms with E-state index in [2.05, 4.69) is 4.90 Å². The molecule has 1 amide bonds. The Balaban J connectivity index is 1.91. The SMILES string of the molecule is CN1CCN2C(=O)c3cccn3CC12c1ccc(F)cc1. The number of carbonyl (C=O) groups is 1. The van der Waals surface area contributed by atoms with Gasteiger partial charge in [-0.3, -0.25) is 9.69 Å². The van der Waals surface area contributed by atoms with Gasteiger partial charge in [0.25, 0.3) is 5.91 Å². The largest absolute Gasteiger partial charge is 0.339 e. The number of likely N-dealkylation sites (N-methyl/N-ethyl adjacent to an activating group) is 1. The summed E-state index contributed by atoms with van der Waals surface area (Å²) in [6.45, 7) is 2.18. The Bertz CT molecular complexity index is 709. The molecule has 4 nitrogen and oxygen atoms in total. The van der Waals surface area contributed by atoms with E-state index in [-0.39, 0.29) is 11.7 Å². The molecule has 0 N–H and O–H groups in total. The predicted molar refractivity (Wildman–Crippen MR) is 76.2 cm³/mol. The number of hydrogen-bond acceptors (Lipinski definition) is 2. The fourth-order valence-electron chi connectivity index (χ4n) is 3.61. The van der Waals surface area contributed by atoms with Gasteiger partial charge >= 0.3 is 0 Å². The van der Waals surface area contributed by atoms with Crippen molar-refractivity contribution in [3.63, 3.8) is 0 Å². The minimum absolute atomic E-state index is 0.0416. The topological polar surface area (TPSA) is 28.5 Å². The third-order valence-corrected chi connectivity index (χ3v) is 4.73. The Morgan fingerprint density at radius 1 is 1.14 bits per heavy atom. The molecule has 4 rings (SSSR count). The maximum absolute atomic E-state index is 13.3. The predicted octanol–water partition coefficient (Wildman–Crippen LogP) is 1.88. The van der Waals surface area contributed by atoms with E-state index in [1.54, 1.807) is 12.1 Å². The lowest BCUT2D eigenvalue weighted by atomic mass is 9.94. The number of amides is 1. The van der Waals surface area contributed by atoms with Gasteiger partial charge in [0, 0.05) is 19.3 Å². The monoisotopic (exact) mass is 285 g/mol. The molecule has 108 valence electrons. The molecule has 1 fully saturated rings. The molecule has 0 bridgehead atoms. The van der Waals surface area contributed by atoms with Gasteiger partial charge in [0.05, 0.1) is 6.54 Å². The van der Waals surface area contributed by atoms with Crippen LogP contribution in [-0.2, 0) is 12.2 Å². The fourth-order valence-corrected chi connectivity index (χ4v) is 3.61. The highest BCUT2D eigenvalue weighted by Crippen LogP contribution is 2.41. The van der Waals surface area contributed by atoms with Crippen LogP contribution in [0.3, 0.4) is 0 Å². The Morgan fingerprint density at radius 2 is 1.90 bits per heavy atom. The quantitative estimate of drug-likeness (QED) is 0.800. The minimum Gasteiger partial charge on any atom is -0.339 e. The van der Waals surface area contributed by atoms with Crippen LogP contribution >= 0.6 is 0 Å². The Labute approximate surface area is 122 Å². The molecular formula is C16H16FN3O. The third-order valence-electron chi connectivity index (χ3n) is 4.73. The van der Waals surface area contributed by atoms with Crippen molar-refractivity contribution in [1.29, 1.82) is 0 Å². The molecule has 0 radical (unpaired) electrons. The summed E-state index contributed by atoms with van der Waals surface area (Å²) >= 11 is 0. The van der Waals surface area contributed by atoms with Crippen molar-refractivity contribution in [2.45, 2.75) is 12.2 Å². The molecule has 0 spiro atoms. The van der Waals surface area contributed by atoms with E-state index in [4.69, 9.17) is 0 Å². The first-order valence-corrected chi connectivity index (χ1v) is 7.07. The molecule has 2 aliphatic heterocycles. The van der Waals surface area contributed by atoms with Crippen LogP contribution in [0.25, 0.3) is 0 Å². The number of aromatic nitrogens is 1. The van der Waals surface area contributed by atoms with Gasteiger partial charge < -0.3 is 9.47 Å². The lowest BCUT2D eigenvalue weighted by molar-refractivity contribution is -0.00126. The van der Waals surface area contributed by atoms with Gasteiger partial charge in [-0.25, -0.2) is 4.39 Å². The molecule has 0 aliphatic carbocycles. The first-order valence-electron chi connectivity index (χ1n) is 7.07. The van der Waals surface area contributed by atoms with Gasteiger partial charge in [0.15, 0.2) is 0 Å². The average molecular weight is 285 g/mol. The van der Waals surface area contributed by atoms with Gasteiger partial charge in [-0.1, -0.05) is 12.1 Å². The first-order chi connectivity index (χ1) is 10.1. The van der Waals surface area contributed by atoms with Crippen molar-refractivity contribution in [2.75, 3.05) is 20.1 Å². The fraction of sp³-hybridized carbons (Fsp3) is 0.312. The Morgan fingerprint density at radius 3 is 2.67 bits per heavy atom. The molecule has 1 atom stereocenters. The number of carbonyl (C=O) groups excluding carboxylic acids is 1. The zero-order chi connectivity index (χ0) is 14.6. The van der Waals surface area contributed by atoms with Crippen LogP contribution in [0, 0.1) is 5.82 Å². The first kappa shape index (κ1) is 12.6. The maximum Gasteiger partial charge on any atom is 0.272 e. The second-order valence-electron chi connectivity index (χ2n) is 5.72. The smallest absolute Gasteiger partial charge is 0.272 e. The summed E-state index contributed by atoms with van der Waals surface area (Å²) in [5.74, 6) is -0.217. The van der Waals surface area contributed by atoms with Crippen molar-refractivity contribution < 1.29 is 9.18 Å². The van der Waals surface area contributed by atoms with E-state index in [0.717, 1.165) is 17.8 Å². The lowest BCUT2D eigenvalue weighted by Crippen LogP contribution is -2.57. The van der Waals surface area contributed by atoms with Crippen LogP contribution in [0.2, 0.25) is 0 Å². The number of nitrogens with zero attached hydrogens (tertiary/aromatic N) is 3. The zero-order valence-electron chi connectivity index (χ0n) is 11.8. The summed E-state index contributed by atoms with van der Waals surface area (Å²) < 4.78 is 15.2. The second-order valence-corrected chi connectivity index (χ2v) is 5.72. The van der Waals surface area contributed by atoms with E-state index in [1.807, 2.05) is 34.8 Å².